The van der Waals surface area contributed by atoms with Crippen molar-refractivity contribution in [3.8, 4) is 0 Å². The summed E-state index contributed by atoms with van der Waals surface area (Å²) < 4.78 is 14.3. The van der Waals surface area contributed by atoms with Crippen molar-refractivity contribution in [2.75, 3.05) is 44.6 Å². The van der Waals surface area contributed by atoms with Crippen molar-refractivity contribution in [3.63, 3.8) is 0 Å². The Morgan fingerprint density at radius 3 is 2.52 bits per heavy atom. The third-order valence-electron chi connectivity index (χ3n) is 6.07. The second-order valence-electron chi connectivity index (χ2n) is 8.23. The lowest BCUT2D eigenvalue weighted by Crippen LogP contribution is -2.48. The van der Waals surface area contributed by atoms with Crippen LogP contribution in [0, 0.1) is 5.82 Å². The Bertz CT molecular complexity index is 1060. The van der Waals surface area contributed by atoms with Crippen molar-refractivity contribution in [2.45, 2.75) is 19.4 Å². The fourth-order valence-electron chi connectivity index (χ4n) is 4.35. The van der Waals surface area contributed by atoms with E-state index in [1.807, 2.05) is 24.3 Å². The molecule has 7 heteroatoms. The molecule has 0 bridgehead atoms. The second kappa shape index (κ2) is 11.0. The first-order chi connectivity index (χ1) is 16.1. The fourth-order valence-corrected chi connectivity index (χ4v) is 5.37. The summed E-state index contributed by atoms with van der Waals surface area (Å²) in [5.74, 6) is -0.413. The van der Waals surface area contributed by atoms with Crippen LogP contribution in [0.4, 0.5) is 9.39 Å². The first-order valence-electron chi connectivity index (χ1n) is 11.4. The highest BCUT2D eigenvalue weighted by Gasteiger charge is 2.30. The third-order valence-corrected chi connectivity index (χ3v) is 7.28. The zero-order chi connectivity index (χ0) is 23.2. The van der Waals surface area contributed by atoms with Gasteiger partial charge >= 0.3 is 0 Å². The highest BCUT2D eigenvalue weighted by Crippen LogP contribution is 2.40. The standard InChI is InChI=1S/C26H30FN3O2S/c1-2-22-18-23(26(33-22)28-25(32)19-7-4-3-5-8-19)24(20-9-6-10-21(27)17-20)30-13-11-29(12-14-30)15-16-31/h3-10,17-18,24,31H,2,11-16H2,1H3,(H,28,32)/t24-/m0/s1. The number of carbonyl (C=O) groups excluding carboxylic acids is 1. The zero-order valence-electron chi connectivity index (χ0n) is 18.8. The monoisotopic (exact) mass is 467 g/mol. The molecule has 3 aromatic rings. The molecular weight excluding hydrogens is 437 g/mol. The Labute approximate surface area is 198 Å². The van der Waals surface area contributed by atoms with Gasteiger partial charge in [0.05, 0.1) is 12.6 Å². The molecule has 1 saturated heterocycles. The number of nitrogens with one attached hydrogen (secondary N) is 1. The average Bonchev–Trinajstić information content (AvgIpc) is 3.23. The first kappa shape index (κ1) is 23.6. The summed E-state index contributed by atoms with van der Waals surface area (Å²) in [5, 5.41) is 13.2. The number of aliphatic hydroxyl groups is 1. The number of nitrogens with zero attached hydrogens (tertiary/aromatic N) is 2. The number of aryl methyl sites for hydroxylation is 1. The number of carbonyl (C=O) groups is 1. The van der Waals surface area contributed by atoms with Crippen LogP contribution in [-0.4, -0.2) is 60.1 Å². The minimum absolute atomic E-state index is 0.146. The third kappa shape index (κ3) is 5.68. The molecule has 0 spiro atoms. The van der Waals surface area contributed by atoms with Gasteiger partial charge in [0.15, 0.2) is 0 Å². The van der Waals surface area contributed by atoms with E-state index in [2.05, 4.69) is 28.1 Å². The molecule has 2 aromatic carbocycles. The van der Waals surface area contributed by atoms with E-state index in [0.29, 0.717) is 12.1 Å². The van der Waals surface area contributed by atoms with E-state index in [0.717, 1.165) is 48.7 Å². The van der Waals surface area contributed by atoms with Gasteiger partial charge in [-0.2, -0.15) is 0 Å². The number of anilines is 1. The van der Waals surface area contributed by atoms with Crippen LogP contribution in [-0.2, 0) is 6.42 Å². The van der Waals surface area contributed by atoms with Crippen LogP contribution < -0.4 is 5.32 Å². The second-order valence-corrected chi connectivity index (χ2v) is 9.37. The minimum Gasteiger partial charge on any atom is -0.395 e. The maximum atomic E-state index is 14.3. The molecule has 5 nitrogen and oxygen atoms in total. The Balaban J connectivity index is 1.69. The number of piperazine rings is 1. The van der Waals surface area contributed by atoms with E-state index >= 15 is 0 Å². The number of β-amino-alcohol motifs (C(OH)–C–C–N with tert-alkyl or cyclic N) is 1. The van der Waals surface area contributed by atoms with Gasteiger partial charge in [-0.05, 0) is 42.3 Å². The lowest BCUT2D eigenvalue weighted by Gasteiger charge is -2.39. The summed E-state index contributed by atoms with van der Waals surface area (Å²) >= 11 is 1.59. The summed E-state index contributed by atoms with van der Waals surface area (Å²) in [4.78, 5) is 18.7. The van der Waals surface area contributed by atoms with Gasteiger partial charge in [-0.1, -0.05) is 37.3 Å². The number of rotatable bonds is 8. The van der Waals surface area contributed by atoms with Crippen LogP contribution in [0.25, 0.3) is 0 Å². The summed E-state index contributed by atoms with van der Waals surface area (Å²) in [6.45, 7) is 6.17. The van der Waals surface area contributed by atoms with Gasteiger partial charge in [-0.25, -0.2) is 4.39 Å². The molecule has 2 heterocycles. The number of benzene rings is 2. The number of thiophene rings is 1. The Morgan fingerprint density at radius 2 is 1.85 bits per heavy atom. The van der Waals surface area contributed by atoms with Crippen molar-refractivity contribution in [2.24, 2.45) is 0 Å². The SMILES string of the molecule is CCc1cc([C@H](c2cccc(F)c2)N2CCN(CCO)CC2)c(NC(=O)c2ccccc2)s1. The molecule has 33 heavy (non-hydrogen) atoms. The van der Waals surface area contributed by atoms with Gasteiger partial charge in [0, 0.05) is 48.7 Å². The molecule has 1 aliphatic rings. The van der Waals surface area contributed by atoms with Gasteiger partial charge in [0.25, 0.3) is 5.91 Å². The Hall–Kier alpha value is -2.58. The molecule has 1 aromatic heterocycles. The van der Waals surface area contributed by atoms with E-state index in [9.17, 15) is 14.3 Å². The maximum absolute atomic E-state index is 14.3. The molecule has 0 aliphatic carbocycles. The van der Waals surface area contributed by atoms with Gasteiger partial charge in [-0.3, -0.25) is 14.6 Å². The van der Waals surface area contributed by atoms with Crippen LogP contribution in [0.5, 0.6) is 0 Å². The van der Waals surface area contributed by atoms with E-state index in [1.54, 1.807) is 35.6 Å². The molecule has 0 radical (unpaired) electrons. The lowest BCUT2D eigenvalue weighted by molar-refractivity contribution is 0.0945. The predicted molar refractivity (Wildman–Crippen MR) is 131 cm³/mol. The van der Waals surface area contributed by atoms with Gasteiger partial charge < -0.3 is 10.4 Å². The lowest BCUT2D eigenvalue weighted by atomic mass is 9.97. The fraction of sp³-hybridized carbons (Fsp3) is 0.346. The maximum Gasteiger partial charge on any atom is 0.256 e. The molecular formula is C26H30FN3O2S. The summed E-state index contributed by atoms with van der Waals surface area (Å²) in [7, 11) is 0. The summed E-state index contributed by atoms with van der Waals surface area (Å²) in [5.41, 5.74) is 2.48. The predicted octanol–water partition coefficient (Wildman–Crippen LogP) is 4.40. The molecule has 0 unspecified atom stereocenters. The number of hydrogen-bond donors (Lipinski definition) is 2. The molecule has 1 amide bonds. The minimum atomic E-state index is -0.266. The summed E-state index contributed by atoms with van der Waals surface area (Å²) in [6, 6.07) is 17.9. The molecule has 174 valence electrons. The highest BCUT2D eigenvalue weighted by molar-refractivity contribution is 7.16. The van der Waals surface area contributed by atoms with Crippen molar-refractivity contribution >= 4 is 22.2 Å². The largest absolute Gasteiger partial charge is 0.395 e. The van der Waals surface area contributed by atoms with Crippen molar-refractivity contribution < 1.29 is 14.3 Å². The Morgan fingerprint density at radius 1 is 1.09 bits per heavy atom. The van der Waals surface area contributed by atoms with Crippen LogP contribution in [0.3, 0.4) is 0 Å². The smallest absolute Gasteiger partial charge is 0.256 e. The van der Waals surface area contributed by atoms with Gasteiger partial charge in [-0.15, -0.1) is 11.3 Å². The summed E-state index contributed by atoms with van der Waals surface area (Å²) in [6.07, 6.45) is 0.860. The molecule has 2 N–H and O–H groups in total. The van der Waals surface area contributed by atoms with Crippen LogP contribution in [0.2, 0.25) is 0 Å². The van der Waals surface area contributed by atoms with E-state index in [4.69, 9.17) is 0 Å². The molecule has 1 fully saturated rings. The molecule has 1 aliphatic heterocycles. The van der Waals surface area contributed by atoms with E-state index in [-0.39, 0.29) is 24.4 Å². The van der Waals surface area contributed by atoms with E-state index < -0.39 is 0 Å². The van der Waals surface area contributed by atoms with Crippen molar-refractivity contribution in [1.29, 1.82) is 0 Å². The number of aliphatic hydroxyl groups excluding tert-OH is 1. The quantitative estimate of drug-likeness (QED) is 0.516. The van der Waals surface area contributed by atoms with Gasteiger partial charge in [0.2, 0.25) is 0 Å². The topological polar surface area (TPSA) is 55.8 Å². The molecule has 0 saturated carbocycles. The Kier molecular flexibility index (Phi) is 7.88. The molecule has 4 rings (SSSR count). The van der Waals surface area contributed by atoms with Crippen molar-refractivity contribution in [1.82, 2.24) is 9.80 Å². The number of hydrogen-bond acceptors (Lipinski definition) is 5. The van der Waals surface area contributed by atoms with Crippen molar-refractivity contribution in [3.05, 3.63) is 88.0 Å². The normalized spacial score (nSPS) is 16.0. The number of amides is 1. The zero-order valence-corrected chi connectivity index (χ0v) is 19.7. The van der Waals surface area contributed by atoms with Crippen LogP contribution in [0.15, 0.2) is 60.7 Å². The average molecular weight is 468 g/mol. The van der Waals surface area contributed by atoms with Crippen LogP contribution >= 0.6 is 11.3 Å². The first-order valence-corrected chi connectivity index (χ1v) is 12.2. The van der Waals surface area contributed by atoms with E-state index in [1.165, 1.54) is 10.9 Å². The highest BCUT2D eigenvalue weighted by atomic mass is 32.1. The van der Waals surface area contributed by atoms with Crippen LogP contribution in [0.1, 0.15) is 39.3 Å². The van der Waals surface area contributed by atoms with Gasteiger partial charge in [0.1, 0.15) is 10.8 Å². The molecule has 1 atom stereocenters. The number of halogens is 1.